The van der Waals surface area contributed by atoms with Gasteiger partial charge in [-0.1, -0.05) is 0 Å². The van der Waals surface area contributed by atoms with Crippen LogP contribution in [-0.4, -0.2) is 22.1 Å². The molecule has 0 atom stereocenters. The van der Waals surface area contributed by atoms with Crippen LogP contribution >= 0.6 is 0 Å². The number of halogens is 1. The molecule has 0 bridgehead atoms. The van der Waals surface area contributed by atoms with Crippen molar-refractivity contribution in [1.29, 1.82) is 0 Å². The smallest absolute Gasteiger partial charge is 0.201 e. The second-order valence-electron chi connectivity index (χ2n) is 4.46. The van der Waals surface area contributed by atoms with E-state index in [4.69, 9.17) is 5.73 Å². The molecule has 1 heterocycles. The van der Waals surface area contributed by atoms with E-state index in [0.717, 1.165) is 5.52 Å². The molecule has 0 aliphatic heterocycles. The number of hydrogen-bond acceptors (Lipinski definition) is 3. The first-order chi connectivity index (χ1) is 7.50. The van der Waals surface area contributed by atoms with E-state index in [2.05, 4.69) is 15.3 Å². The van der Waals surface area contributed by atoms with Crippen LogP contribution in [0.5, 0.6) is 0 Å². The predicted octanol–water partition coefficient (Wildman–Crippen LogP) is 1.85. The minimum absolute atomic E-state index is 0.244. The molecular weight excluding hydrogens is 207 g/mol. The number of fused-ring (bicyclic) bond motifs is 1. The molecule has 0 amide bonds. The number of aromatic amines is 1. The largest absolute Gasteiger partial charge is 0.350 e. The van der Waals surface area contributed by atoms with Gasteiger partial charge < -0.3 is 16.0 Å². The summed E-state index contributed by atoms with van der Waals surface area (Å²) in [4.78, 5) is 7.31. The van der Waals surface area contributed by atoms with Crippen molar-refractivity contribution < 1.29 is 4.39 Å². The van der Waals surface area contributed by atoms with Crippen molar-refractivity contribution in [1.82, 2.24) is 9.97 Å². The van der Waals surface area contributed by atoms with Crippen molar-refractivity contribution in [3.63, 3.8) is 0 Å². The van der Waals surface area contributed by atoms with Crippen molar-refractivity contribution >= 4 is 17.0 Å². The number of imidazole rings is 1. The Morgan fingerprint density at radius 2 is 2.25 bits per heavy atom. The third-order valence-corrected chi connectivity index (χ3v) is 2.41. The highest BCUT2D eigenvalue weighted by Crippen LogP contribution is 2.17. The van der Waals surface area contributed by atoms with Gasteiger partial charge in [0.15, 0.2) is 0 Å². The summed E-state index contributed by atoms with van der Waals surface area (Å²) in [6.07, 6.45) is 0. The van der Waals surface area contributed by atoms with Crippen LogP contribution in [0.4, 0.5) is 10.3 Å². The molecule has 4 N–H and O–H groups in total. The summed E-state index contributed by atoms with van der Waals surface area (Å²) in [6, 6.07) is 4.45. The fraction of sp³-hybridized carbons (Fsp3) is 0.364. The molecule has 2 rings (SSSR count). The van der Waals surface area contributed by atoms with E-state index in [1.807, 2.05) is 13.8 Å². The predicted molar refractivity (Wildman–Crippen MR) is 62.8 cm³/mol. The number of nitrogens with two attached hydrogens (primary N) is 1. The van der Waals surface area contributed by atoms with E-state index >= 15 is 0 Å². The molecule has 4 nitrogen and oxygen atoms in total. The van der Waals surface area contributed by atoms with Gasteiger partial charge in [-0.05, 0) is 32.0 Å². The lowest BCUT2D eigenvalue weighted by atomic mass is 10.1. The van der Waals surface area contributed by atoms with Gasteiger partial charge in [0.1, 0.15) is 5.82 Å². The molecule has 0 radical (unpaired) electrons. The first-order valence-electron chi connectivity index (χ1n) is 5.14. The number of nitrogens with one attached hydrogen (secondary N) is 2. The second-order valence-corrected chi connectivity index (χ2v) is 4.46. The van der Waals surface area contributed by atoms with E-state index in [0.29, 0.717) is 18.0 Å². The highest BCUT2D eigenvalue weighted by Gasteiger charge is 2.16. The van der Waals surface area contributed by atoms with Gasteiger partial charge in [0.25, 0.3) is 0 Å². The summed E-state index contributed by atoms with van der Waals surface area (Å²) in [5, 5.41) is 3.16. The lowest BCUT2D eigenvalue weighted by molar-refractivity contribution is 0.575. The molecule has 0 aliphatic rings. The molecule has 0 fully saturated rings. The van der Waals surface area contributed by atoms with Gasteiger partial charge >= 0.3 is 0 Å². The number of rotatable bonds is 3. The third-order valence-electron chi connectivity index (χ3n) is 2.41. The molecular formula is C11H15FN4. The Morgan fingerprint density at radius 1 is 1.50 bits per heavy atom. The number of nitrogens with zero attached hydrogens (tertiary/aromatic N) is 1. The maximum absolute atomic E-state index is 13.0. The SMILES string of the molecule is CC(C)(CN)Nc1nc2ccc(F)cc2[nH]1. The summed E-state index contributed by atoms with van der Waals surface area (Å²) in [5.41, 5.74) is 6.77. The van der Waals surface area contributed by atoms with Crippen LogP contribution in [-0.2, 0) is 0 Å². The topological polar surface area (TPSA) is 66.7 Å². The van der Waals surface area contributed by atoms with Crippen LogP contribution in [0.2, 0.25) is 0 Å². The molecule has 16 heavy (non-hydrogen) atoms. The van der Waals surface area contributed by atoms with E-state index in [-0.39, 0.29) is 11.4 Å². The Morgan fingerprint density at radius 3 is 2.94 bits per heavy atom. The number of aromatic nitrogens is 2. The lowest BCUT2D eigenvalue weighted by Crippen LogP contribution is -2.39. The van der Waals surface area contributed by atoms with Gasteiger partial charge in [0.05, 0.1) is 11.0 Å². The van der Waals surface area contributed by atoms with E-state index in [1.54, 1.807) is 6.07 Å². The zero-order valence-corrected chi connectivity index (χ0v) is 9.34. The Balaban J connectivity index is 2.33. The first kappa shape index (κ1) is 10.9. The van der Waals surface area contributed by atoms with Crippen molar-refractivity contribution in [2.75, 3.05) is 11.9 Å². The van der Waals surface area contributed by atoms with Crippen molar-refractivity contribution in [3.05, 3.63) is 24.0 Å². The highest BCUT2D eigenvalue weighted by atomic mass is 19.1. The minimum Gasteiger partial charge on any atom is -0.350 e. The van der Waals surface area contributed by atoms with Gasteiger partial charge in [0, 0.05) is 12.1 Å². The average Bonchev–Trinajstić information content (AvgIpc) is 2.58. The molecule has 0 aliphatic carbocycles. The monoisotopic (exact) mass is 222 g/mol. The standard InChI is InChI=1S/C11H15FN4/c1-11(2,6-13)16-10-14-8-4-3-7(12)5-9(8)15-10/h3-5H,6,13H2,1-2H3,(H2,14,15,16). The molecule has 0 spiro atoms. The van der Waals surface area contributed by atoms with Crippen LogP contribution < -0.4 is 11.1 Å². The summed E-state index contributed by atoms with van der Waals surface area (Å²) in [6.45, 7) is 4.43. The molecule has 0 unspecified atom stereocenters. The maximum Gasteiger partial charge on any atom is 0.201 e. The first-order valence-corrected chi connectivity index (χ1v) is 5.14. The Hall–Kier alpha value is -1.62. The zero-order chi connectivity index (χ0) is 11.8. The minimum atomic E-state index is -0.277. The molecule has 2 aromatic rings. The highest BCUT2D eigenvalue weighted by molar-refractivity contribution is 5.77. The maximum atomic E-state index is 13.0. The fourth-order valence-corrected chi connectivity index (χ4v) is 1.41. The van der Waals surface area contributed by atoms with Gasteiger partial charge in [-0.2, -0.15) is 0 Å². The van der Waals surface area contributed by atoms with E-state index in [9.17, 15) is 4.39 Å². The molecule has 0 saturated carbocycles. The Bertz CT molecular complexity index is 504. The van der Waals surface area contributed by atoms with Gasteiger partial charge in [0.2, 0.25) is 5.95 Å². The lowest BCUT2D eigenvalue weighted by Gasteiger charge is -2.23. The van der Waals surface area contributed by atoms with Gasteiger partial charge in [-0.25, -0.2) is 9.37 Å². The van der Waals surface area contributed by atoms with Crippen LogP contribution in [0, 0.1) is 5.82 Å². The number of hydrogen-bond donors (Lipinski definition) is 3. The third kappa shape index (κ3) is 2.14. The van der Waals surface area contributed by atoms with Gasteiger partial charge in [-0.15, -0.1) is 0 Å². The number of H-pyrrole nitrogens is 1. The average molecular weight is 222 g/mol. The number of anilines is 1. The normalized spacial score (nSPS) is 12.0. The van der Waals surface area contributed by atoms with Crippen molar-refractivity contribution in [2.45, 2.75) is 19.4 Å². The molecule has 1 aromatic carbocycles. The van der Waals surface area contributed by atoms with Crippen LogP contribution in [0.15, 0.2) is 18.2 Å². The Labute approximate surface area is 93.1 Å². The second kappa shape index (κ2) is 3.75. The summed E-state index contributed by atoms with van der Waals surface area (Å²) >= 11 is 0. The van der Waals surface area contributed by atoms with Gasteiger partial charge in [-0.3, -0.25) is 0 Å². The molecule has 5 heteroatoms. The van der Waals surface area contributed by atoms with E-state index < -0.39 is 0 Å². The van der Waals surface area contributed by atoms with Crippen LogP contribution in [0.1, 0.15) is 13.8 Å². The molecule has 1 aromatic heterocycles. The summed E-state index contributed by atoms with van der Waals surface area (Å²) < 4.78 is 13.0. The quantitative estimate of drug-likeness (QED) is 0.742. The van der Waals surface area contributed by atoms with Crippen molar-refractivity contribution in [2.24, 2.45) is 5.73 Å². The zero-order valence-electron chi connectivity index (χ0n) is 9.34. The van der Waals surface area contributed by atoms with Crippen LogP contribution in [0.3, 0.4) is 0 Å². The van der Waals surface area contributed by atoms with Crippen molar-refractivity contribution in [3.8, 4) is 0 Å². The molecule has 0 saturated heterocycles. The summed E-state index contributed by atoms with van der Waals surface area (Å²) in [7, 11) is 0. The summed E-state index contributed by atoms with van der Waals surface area (Å²) in [5.74, 6) is 0.330. The fourth-order valence-electron chi connectivity index (χ4n) is 1.41. The van der Waals surface area contributed by atoms with Crippen LogP contribution in [0.25, 0.3) is 11.0 Å². The number of benzene rings is 1. The molecule has 86 valence electrons. The van der Waals surface area contributed by atoms with E-state index in [1.165, 1.54) is 12.1 Å². The Kier molecular flexibility index (Phi) is 2.55.